The van der Waals surface area contributed by atoms with Crippen LogP contribution in [0.2, 0.25) is 0 Å². The van der Waals surface area contributed by atoms with Crippen LogP contribution in [0.1, 0.15) is 59.3 Å². The van der Waals surface area contributed by atoms with E-state index in [9.17, 15) is 14.9 Å². The molecule has 0 aromatic rings. The summed E-state index contributed by atoms with van der Waals surface area (Å²) in [5.74, 6) is -0.535. The Morgan fingerprint density at radius 2 is 1.90 bits per heavy atom. The van der Waals surface area contributed by atoms with Crippen molar-refractivity contribution in [1.29, 1.82) is 5.26 Å². The molecule has 1 saturated heterocycles. The Kier molecular flexibility index (Phi) is 6.67. The quantitative estimate of drug-likeness (QED) is 0.677. The van der Waals surface area contributed by atoms with E-state index in [-0.39, 0.29) is 11.9 Å². The topological polar surface area (TPSA) is 70.4 Å². The van der Waals surface area contributed by atoms with Crippen LogP contribution in [0.25, 0.3) is 0 Å². The molecule has 1 aliphatic rings. The minimum atomic E-state index is -0.988. The van der Waals surface area contributed by atoms with E-state index < -0.39 is 11.5 Å². The number of ether oxygens (including phenoxy) is 1. The minimum absolute atomic E-state index is 0.191. The summed E-state index contributed by atoms with van der Waals surface area (Å²) < 4.78 is 5.06. The highest BCUT2D eigenvalue weighted by atomic mass is 16.5. The third kappa shape index (κ3) is 3.75. The van der Waals surface area contributed by atoms with Crippen molar-refractivity contribution >= 4 is 11.9 Å². The molecule has 0 bridgehead atoms. The van der Waals surface area contributed by atoms with Crippen LogP contribution in [-0.2, 0) is 14.3 Å². The summed E-state index contributed by atoms with van der Waals surface area (Å²) in [5, 5.41) is 9.58. The van der Waals surface area contributed by atoms with Gasteiger partial charge in [-0.25, -0.2) is 4.79 Å². The zero-order valence-corrected chi connectivity index (χ0v) is 13.4. The number of nitrogens with zero attached hydrogens (tertiary/aromatic N) is 2. The lowest BCUT2D eigenvalue weighted by Gasteiger charge is -2.32. The molecule has 1 unspecified atom stereocenters. The zero-order chi connectivity index (χ0) is 15.9. The van der Waals surface area contributed by atoms with Crippen molar-refractivity contribution < 1.29 is 14.3 Å². The van der Waals surface area contributed by atoms with E-state index in [0.29, 0.717) is 32.4 Å². The molecule has 5 nitrogen and oxygen atoms in total. The molecule has 1 atom stereocenters. The first-order valence-corrected chi connectivity index (χ1v) is 7.95. The molecule has 21 heavy (non-hydrogen) atoms. The molecule has 0 aliphatic carbocycles. The van der Waals surface area contributed by atoms with Crippen LogP contribution < -0.4 is 0 Å². The highest BCUT2D eigenvalue weighted by Crippen LogP contribution is 2.34. The van der Waals surface area contributed by atoms with Gasteiger partial charge in [0.05, 0.1) is 12.7 Å². The van der Waals surface area contributed by atoms with Gasteiger partial charge in [-0.3, -0.25) is 4.79 Å². The van der Waals surface area contributed by atoms with Crippen LogP contribution in [0.15, 0.2) is 0 Å². The Morgan fingerprint density at radius 1 is 1.29 bits per heavy atom. The van der Waals surface area contributed by atoms with Crippen molar-refractivity contribution in [1.82, 2.24) is 4.90 Å². The second-order valence-corrected chi connectivity index (χ2v) is 5.60. The second kappa shape index (κ2) is 8.02. The van der Waals surface area contributed by atoms with Gasteiger partial charge in [-0.05, 0) is 32.6 Å². The fraction of sp³-hybridized carbons (Fsp3) is 0.812. The fourth-order valence-electron chi connectivity index (χ4n) is 3.12. The highest BCUT2D eigenvalue weighted by Gasteiger charge is 2.45. The predicted molar refractivity (Wildman–Crippen MR) is 79.2 cm³/mol. The summed E-state index contributed by atoms with van der Waals surface area (Å²) in [6.45, 7) is 6.56. The maximum Gasteiger partial charge on any atom is 0.328 e. The monoisotopic (exact) mass is 294 g/mol. The van der Waals surface area contributed by atoms with Crippen molar-refractivity contribution in [3.63, 3.8) is 0 Å². The Bertz CT molecular complexity index is 408. The van der Waals surface area contributed by atoms with Crippen molar-refractivity contribution in [3.05, 3.63) is 0 Å². The van der Waals surface area contributed by atoms with E-state index >= 15 is 0 Å². The zero-order valence-electron chi connectivity index (χ0n) is 13.4. The summed E-state index contributed by atoms with van der Waals surface area (Å²) in [6.07, 6.45) is 4.05. The summed E-state index contributed by atoms with van der Waals surface area (Å²) in [7, 11) is 0. The standard InChI is InChI=1S/C16H26N2O3/c1-4-9-16(12-17,10-5-2)15(20)18-11-7-8-13(18)14(19)21-6-3/h13H,4-11H2,1-3H3. The SMILES string of the molecule is CCCC(C#N)(CCC)C(=O)N1CCCC1C(=O)OCC. The van der Waals surface area contributed by atoms with Gasteiger partial charge in [-0.1, -0.05) is 26.7 Å². The lowest BCUT2D eigenvalue weighted by Crippen LogP contribution is -2.48. The Morgan fingerprint density at radius 3 is 2.38 bits per heavy atom. The first kappa shape index (κ1) is 17.5. The lowest BCUT2D eigenvalue weighted by atomic mass is 9.79. The molecule has 1 amide bonds. The Hall–Kier alpha value is -1.57. The van der Waals surface area contributed by atoms with Gasteiger partial charge in [0, 0.05) is 6.54 Å². The molecule has 0 N–H and O–H groups in total. The van der Waals surface area contributed by atoms with Crippen molar-refractivity contribution in [3.8, 4) is 6.07 Å². The molecule has 1 aliphatic heterocycles. The first-order chi connectivity index (χ1) is 10.1. The van der Waals surface area contributed by atoms with Crippen molar-refractivity contribution in [2.24, 2.45) is 5.41 Å². The summed E-state index contributed by atoms with van der Waals surface area (Å²) in [4.78, 5) is 26.5. The van der Waals surface area contributed by atoms with Gasteiger partial charge >= 0.3 is 5.97 Å². The van der Waals surface area contributed by atoms with Crippen LogP contribution in [0, 0.1) is 16.7 Å². The molecule has 0 aromatic carbocycles. The molecule has 1 fully saturated rings. The number of hydrogen-bond acceptors (Lipinski definition) is 4. The minimum Gasteiger partial charge on any atom is -0.464 e. The maximum atomic E-state index is 12.9. The number of hydrogen-bond donors (Lipinski definition) is 0. The third-order valence-electron chi connectivity index (χ3n) is 4.05. The third-order valence-corrected chi connectivity index (χ3v) is 4.05. The molecule has 0 spiro atoms. The summed E-state index contributed by atoms with van der Waals surface area (Å²) in [6, 6.07) is 1.73. The van der Waals surface area contributed by atoms with E-state index in [0.717, 1.165) is 19.3 Å². The van der Waals surface area contributed by atoms with E-state index in [2.05, 4.69) is 6.07 Å². The Balaban J connectivity index is 2.97. The molecule has 1 rings (SSSR count). The molecule has 0 radical (unpaired) electrons. The van der Waals surface area contributed by atoms with E-state index in [4.69, 9.17) is 4.74 Å². The lowest BCUT2D eigenvalue weighted by molar-refractivity contribution is -0.155. The average molecular weight is 294 g/mol. The molecular weight excluding hydrogens is 268 g/mol. The normalized spacial score (nSPS) is 18.4. The molecule has 0 saturated carbocycles. The Labute approximate surface area is 127 Å². The number of carbonyl (C=O) groups excluding carboxylic acids is 2. The number of esters is 1. The molecule has 0 aromatic heterocycles. The van der Waals surface area contributed by atoms with E-state index in [1.807, 2.05) is 13.8 Å². The number of nitriles is 1. The second-order valence-electron chi connectivity index (χ2n) is 5.60. The van der Waals surface area contributed by atoms with Crippen LogP contribution in [0.3, 0.4) is 0 Å². The van der Waals surface area contributed by atoms with Gasteiger partial charge < -0.3 is 9.64 Å². The van der Waals surface area contributed by atoms with Gasteiger partial charge in [0.15, 0.2) is 0 Å². The molecule has 118 valence electrons. The van der Waals surface area contributed by atoms with Gasteiger partial charge in [0.2, 0.25) is 5.91 Å². The smallest absolute Gasteiger partial charge is 0.328 e. The van der Waals surface area contributed by atoms with Crippen molar-refractivity contribution in [2.75, 3.05) is 13.2 Å². The largest absolute Gasteiger partial charge is 0.464 e. The van der Waals surface area contributed by atoms with Gasteiger partial charge in [0.25, 0.3) is 0 Å². The van der Waals surface area contributed by atoms with E-state index in [1.165, 1.54) is 0 Å². The fourth-order valence-corrected chi connectivity index (χ4v) is 3.12. The highest BCUT2D eigenvalue weighted by molar-refractivity contribution is 5.90. The number of carbonyl (C=O) groups is 2. The van der Waals surface area contributed by atoms with Crippen LogP contribution in [-0.4, -0.2) is 36.0 Å². The van der Waals surface area contributed by atoms with Crippen LogP contribution in [0.5, 0.6) is 0 Å². The number of likely N-dealkylation sites (tertiary alicyclic amines) is 1. The van der Waals surface area contributed by atoms with Crippen molar-refractivity contribution in [2.45, 2.75) is 65.3 Å². The maximum absolute atomic E-state index is 12.9. The molecule has 5 heteroatoms. The molecule has 1 heterocycles. The van der Waals surface area contributed by atoms with Gasteiger partial charge in [0.1, 0.15) is 11.5 Å². The van der Waals surface area contributed by atoms with Gasteiger partial charge in [-0.15, -0.1) is 0 Å². The number of amides is 1. The summed E-state index contributed by atoms with van der Waals surface area (Å²) in [5.41, 5.74) is -0.988. The predicted octanol–water partition coefficient (Wildman–Crippen LogP) is 2.65. The summed E-state index contributed by atoms with van der Waals surface area (Å²) >= 11 is 0. The average Bonchev–Trinajstić information content (AvgIpc) is 2.95. The number of rotatable bonds is 7. The first-order valence-electron chi connectivity index (χ1n) is 7.95. The van der Waals surface area contributed by atoms with Crippen LogP contribution >= 0.6 is 0 Å². The molecular formula is C16H26N2O3. The van der Waals surface area contributed by atoms with Crippen LogP contribution in [0.4, 0.5) is 0 Å². The van der Waals surface area contributed by atoms with Gasteiger partial charge in [-0.2, -0.15) is 5.26 Å². The van der Waals surface area contributed by atoms with E-state index in [1.54, 1.807) is 11.8 Å².